The van der Waals surface area contributed by atoms with E-state index >= 15 is 0 Å². The van der Waals surface area contributed by atoms with Crippen LogP contribution in [0.5, 0.6) is 5.75 Å². The number of sulfonamides is 1. The number of benzene rings is 2. The van der Waals surface area contributed by atoms with E-state index in [0.29, 0.717) is 30.2 Å². The first-order chi connectivity index (χ1) is 12.5. The number of unbranched alkanes of at least 4 members (excludes halogenated alkanes) is 1. The minimum Gasteiger partial charge on any atom is -0.494 e. The van der Waals surface area contributed by atoms with E-state index < -0.39 is 10.0 Å². The largest absolute Gasteiger partial charge is 0.494 e. The van der Waals surface area contributed by atoms with Crippen LogP contribution in [-0.2, 0) is 10.0 Å². The summed E-state index contributed by atoms with van der Waals surface area (Å²) < 4.78 is 32.8. The van der Waals surface area contributed by atoms with Gasteiger partial charge in [-0.3, -0.25) is 9.52 Å². The average molecular weight is 376 g/mol. The topological polar surface area (TPSA) is 84.5 Å². The lowest BCUT2D eigenvalue weighted by molar-refractivity contribution is 0.0953. The lowest BCUT2D eigenvalue weighted by Gasteiger charge is -2.10. The van der Waals surface area contributed by atoms with Crippen LogP contribution < -0.4 is 14.8 Å². The third kappa shape index (κ3) is 5.49. The van der Waals surface area contributed by atoms with Crippen molar-refractivity contribution in [2.24, 2.45) is 0 Å². The quantitative estimate of drug-likeness (QED) is 0.657. The zero-order chi connectivity index (χ0) is 19.0. The van der Waals surface area contributed by atoms with E-state index in [2.05, 4.69) is 10.0 Å². The first-order valence-corrected chi connectivity index (χ1v) is 10.1. The van der Waals surface area contributed by atoms with Gasteiger partial charge in [-0.2, -0.15) is 0 Å². The Morgan fingerprint density at radius 2 is 1.65 bits per heavy atom. The number of amides is 1. The number of hydrogen-bond acceptors (Lipinski definition) is 4. The van der Waals surface area contributed by atoms with Crippen LogP contribution in [0.4, 0.5) is 5.69 Å². The van der Waals surface area contributed by atoms with Crippen molar-refractivity contribution in [2.75, 3.05) is 17.9 Å². The highest BCUT2D eigenvalue weighted by Gasteiger charge is 2.15. The second kappa shape index (κ2) is 9.24. The van der Waals surface area contributed by atoms with E-state index in [1.807, 2.05) is 13.8 Å². The Labute approximate surface area is 154 Å². The normalized spacial score (nSPS) is 11.0. The Bertz CT molecular complexity index is 816. The Morgan fingerprint density at radius 1 is 1.00 bits per heavy atom. The van der Waals surface area contributed by atoms with Gasteiger partial charge in [0, 0.05) is 17.8 Å². The Balaban J connectivity index is 2.05. The van der Waals surface area contributed by atoms with Crippen molar-refractivity contribution < 1.29 is 17.9 Å². The van der Waals surface area contributed by atoms with Gasteiger partial charge < -0.3 is 10.1 Å². The molecule has 2 aromatic carbocycles. The lowest BCUT2D eigenvalue weighted by Crippen LogP contribution is -2.24. The molecule has 0 atom stereocenters. The number of rotatable bonds is 9. The van der Waals surface area contributed by atoms with E-state index in [9.17, 15) is 13.2 Å². The summed E-state index contributed by atoms with van der Waals surface area (Å²) in [5.74, 6) is 0.468. The molecule has 0 aliphatic carbocycles. The molecule has 0 saturated carbocycles. The molecule has 26 heavy (non-hydrogen) atoms. The molecule has 6 nitrogen and oxygen atoms in total. The van der Waals surface area contributed by atoms with Crippen molar-refractivity contribution >= 4 is 21.6 Å². The van der Waals surface area contributed by atoms with Gasteiger partial charge in [0.25, 0.3) is 15.9 Å². The van der Waals surface area contributed by atoms with Crippen LogP contribution in [0.15, 0.2) is 53.4 Å². The van der Waals surface area contributed by atoms with Crippen LogP contribution in [0.3, 0.4) is 0 Å². The SMILES string of the molecule is CCCCNC(=O)c1ccc(S(=O)(=O)Nc2ccc(OCC)cc2)cc1. The van der Waals surface area contributed by atoms with E-state index in [1.54, 1.807) is 24.3 Å². The highest BCUT2D eigenvalue weighted by atomic mass is 32.2. The molecule has 0 bridgehead atoms. The summed E-state index contributed by atoms with van der Waals surface area (Å²) in [4.78, 5) is 12.1. The second-order valence-corrected chi connectivity index (χ2v) is 7.38. The van der Waals surface area contributed by atoms with Crippen molar-refractivity contribution in [1.29, 1.82) is 0 Å². The van der Waals surface area contributed by atoms with Gasteiger partial charge in [0.1, 0.15) is 5.75 Å². The van der Waals surface area contributed by atoms with Gasteiger partial charge in [-0.15, -0.1) is 0 Å². The number of ether oxygens (including phenoxy) is 1. The van der Waals surface area contributed by atoms with Gasteiger partial charge >= 0.3 is 0 Å². The molecule has 0 aliphatic heterocycles. The molecular weight excluding hydrogens is 352 g/mol. The van der Waals surface area contributed by atoms with Crippen LogP contribution in [0.25, 0.3) is 0 Å². The molecule has 2 aromatic rings. The van der Waals surface area contributed by atoms with Gasteiger partial charge in [-0.1, -0.05) is 13.3 Å². The van der Waals surface area contributed by atoms with Crippen molar-refractivity contribution in [3.8, 4) is 5.75 Å². The summed E-state index contributed by atoms with van der Waals surface area (Å²) in [6.07, 6.45) is 1.90. The fourth-order valence-electron chi connectivity index (χ4n) is 2.27. The molecule has 1 amide bonds. The van der Waals surface area contributed by atoms with Crippen molar-refractivity contribution in [2.45, 2.75) is 31.6 Å². The molecule has 0 aromatic heterocycles. The van der Waals surface area contributed by atoms with E-state index in [-0.39, 0.29) is 10.8 Å². The Hall–Kier alpha value is -2.54. The fraction of sp³-hybridized carbons (Fsp3) is 0.316. The lowest BCUT2D eigenvalue weighted by atomic mass is 10.2. The second-order valence-electron chi connectivity index (χ2n) is 5.70. The summed E-state index contributed by atoms with van der Waals surface area (Å²) in [5, 5.41) is 2.80. The van der Waals surface area contributed by atoms with Crippen LogP contribution in [0.1, 0.15) is 37.0 Å². The Kier molecular flexibility index (Phi) is 7.03. The monoisotopic (exact) mass is 376 g/mol. The molecule has 2 N–H and O–H groups in total. The number of anilines is 1. The van der Waals surface area contributed by atoms with Crippen LogP contribution in [-0.4, -0.2) is 27.5 Å². The number of nitrogens with one attached hydrogen (secondary N) is 2. The molecule has 0 fully saturated rings. The molecule has 140 valence electrons. The zero-order valence-electron chi connectivity index (χ0n) is 15.0. The predicted octanol–water partition coefficient (Wildman–Crippen LogP) is 3.42. The first-order valence-electron chi connectivity index (χ1n) is 8.60. The maximum atomic E-state index is 12.5. The minimum atomic E-state index is -3.72. The van der Waals surface area contributed by atoms with Crippen LogP contribution >= 0.6 is 0 Å². The third-order valence-corrected chi connectivity index (χ3v) is 5.06. The maximum Gasteiger partial charge on any atom is 0.261 e. The molecule has 0 unspecified atom stereocenters. The molecule has 7 heteroatoms. The number of carbonyl (C=O) groups excluding carboxylic acids is 1. The van der Waals surface area contributed by atoms with Crippen molar-refractivity contribution in [3.05, 3.63) is 54.1 Å². The Morgan fingerprint density at radius 3 is 2.23 bits per heavy atom. The molecule has 2 rings (SSSR count). The summed E-state index contributed by atoms with van der Waals surface area (Å²) in [7, 11) is -3.72. The highest BCUT2D eigenvalue weighted by molar-refractivity contribution is 7.92. The summed E-state index contributed by atoms with van der Waals surface area (Å²) >= 11 is 0. The summed E-state index contributed by atoms with van der Waals surface area (Å²) in [5.41, 5.74) is 0.871. The maximum absolute atomic E-state index is 12.5. The smallest absolute Gasteiger partial charge is 0.261 e. The molecular formula is C19H24N2O4S. The van der Waals surface area contributed by atoms with E-state index in [0.717, 1.165) is 12.8 Å². The molecule has 0 saturated heterocycles. The van der Waals surface area contributed by atoms with Gasteiger partial charge in [-0.25, -0.2) is 8.42 Å². The fourth-order valence-corrected chi connectivity index (χ4v) is 3.32. The summed E-state index contributed by atoms with van der Waals surface area (Å²) in [6, 6.07) is 12.5. The number of hydrogen-bond donors (Lipinski definition) is 2. The summed E-state index contributed by atoms with van der Waals surface area (Å²) in [6.45, 7) is 5.08. The minimum absolute atomic E-state index is 0.0940. The van der Waals surface area contributed by atoms with Gasteiger partial charge in [0.15, 0.2) is 0 Å². The highest BCUT2D eigenvalue weighted by Crippen LogP contribution is 2.20. The van der Waals surface area contributed by atoms with Crippen LogP contribution in [0, 0.1) is 0 Å². The molecule has 0 aliphatic rings. The van der Waals surface area contributed by atoms with Crippen molar-refractivity contribution in [3.63, 3.8) is 0 Å². The average Bonchev–Trinajstić information content (AvgIpc) is 2.63. The number of carbonyl (C=O) groups is 1. The predicted molar refractivity (Wildman–Crippen MR) is 102 cm³/mol. The van der Waals surface area contributed by atoms with E-state index in [4.69, 9.17) is 4.74 Å². The molecule has 0 radical (unpaired) electrons. The van der Waals surface area contributed by atoms with Gasteiger partial charge in [0.2, 0.25) is 0 Å². The molecule has 0 heterocycles. The van der Waals surface area contributed by atoms with Crippen molar-refractivity contribution in [1.82, 2.24) is 5.32 Å². The standard InChI is InChI=1S/C19H24N2O4S/c1-3-5-14-20-19(22)15-6-12-18(13-7-15)26(23,24)21-16-8-10-17(11-9-16)25-4-2/h6-13,21H,3-5,14H2,1-2H3,(H,20,22). The molecule has 0 spiro atoms. The zero-order valence-corrected chi connectivity index (χ0v) is 15.8. The first kappa shape index (κ1) is 19.8. The van der Waals surface area contributed by atoms with Gasteiger partial charge in [-0.05, 0) is 61.9 Å². The van der Waals surface area contributed by atoms with E-state index in [1.165, 1.54) is 24.3 Å². The third-order valence-electron chi connectivity index (χ3n) is 3.66. The van der Waals surface area contributed by atoms with Crippen LogP contribution in [0.2, 0.25) is 0 Å². The van der Waals surface area contributed by atoms with Gasteiger partial charge in [0.05, 0.1) is 11.5 Å².